The molecule has 0 saturated heterocycles. The van der Waals surface area contributed by atoms with Crippen molar-refractivity contribution in [1.29, 1.82) is 0 Å². The first kappa shape index (κ1) is 20.9. The van der Waals surface area contributed by atoms with Crippen LogP contribution in [0.1, 0.15) is 29.8 Å². The minimum Gasteiger partial charge on any atom is -0.491 e. The molecule has 0 aliphatic heterocycles. The molecule has 0 aliphatic rings. The lowest BCUT2D eigenvalue weighted by atomic mass is 10.1. The smallest absolute Gasteiger partial charge is 0.264 e. The maximum atomic E-state index is 12.4. The molecule has 0 radical (unpaired) electrons. The molecule has 8 heteroatoms. The summed E-state index contributed by atoms with van der Waals surface area (Å²) in [5.41, 5.74) is 1.22. The molecule has 0 heterocycles. The van der Waals surface area contributed by atoms with Gasteiger partial charge in [-0.2, -0.15) is 0 Å². The minimum atomic E-state index is -3.74. The number of carbonyl (C=O) groups is 1. The maximum absolute atomic E-state index is 12.4. The number of hydroxylamine groups is 1. The molecule has 0 spiro atoms. The summed E-state index contributed by atoms with van der Waals surface area (Å²) in [5.74, 6) is 0.412. The molecule has 7 nitrogen and oxygen atoms in total. The largest absolute Gasteiger partial charge is 0.491 e. The second-order valence-electron chi connectivity index (χ2n) is 6.08. The van der Waals surface area contributed by atoms with Crippen molar-refractivity contribution in [3.05, 3.63) is 59.7 Å². The van der Waals surface area contributed by atoms with Crippen LogP contribution in [0.15, 0.2) is 53.4 Å². The molecule has 0 aliphatic carbocycles. The van der Waals surface area contributed by atoms with E-state index < -0.39 is 10.0 Å². The van der Waals surface area contributed by atoms with Crippen molar-refractivity contribution in [3.63, 3.8) is 0 Å². The molecule has 0 unspecified atom stereocenters. The molecule has 146 valence electrons. The van der Waals surface area contributed by atoms with Gasteiger partial charge in [0.2, 0.25) is 0 Å². The number of nitrogens with zero attached hydrogens (tertiary/aromatic N) is 1. The summed E-state index contributed by atoms with van der Waals surface area (Å²) in [5, 5.41) is 2.82. The van der Waals surface area contributed by atoms with Crippen molar-refractivity contribution in [2.24, 2.45) is 0 Å². The average Bonchev–Trinajstić information content (AvgIpc) is 2.66. The van der Waals surface area contributed by atoms with Gasteiger partial charge in [0.25, 0.3) is 15.9 Å². The Morgan fingerprint density at radius 2 is 1.74 bits per heavy atom. The Labute approximate surface area is 159 Å². The minimum absolute atomic E-state index is 0.0292. The lowest BCUT2D eigenvalue weighted by Crippen LogP contribution is -2.26. The number of sulfonamides is 1. The highest BCUT2D eigenvalue weighted by Gasteiger charge is 2.21. The van der Waals surface area contributed by atoms with E-state index in [9.17, 15) is 13.2 Å². The molecule has 2 aromatic carbocycles. The molecular weight excluding hydrogens is 368 g/mol. The first-order chi connectivity index (χ1) is 12.8. The van der Waals surface area contributed by atoms with Gasteiger partial charge in [-0.15, -0.1) is 0 Å². The monoisotopic (exact) mass is 392 g/mol. The lowest BCUT2D eigenvalue weighted by Gasteiger charge is -2.15. The second-order valence-corrected chi connectivity index (χ2v) is 8.01. The molecular formula is C19H24N2O5S. The van der Waals surface area contributed by atoms with Crippen LogP contribution >= 0.6 is 0 Å². The van der Waals surface area contributed by atoms with Gasteiger partial charge < -0.3 is 10.1 Å². The van der Waals surface area contributed by atoms with Gasteiger partial charge in [0.15, 0.2) is 0 Å². The number of rotatable bonds is 8. The van der Waals surface area contributed by atoms with E-state index in [0.717, 1.165) is 15.8 Å². The van der Waals surface area contributed by atoms with E-state index in [1.54, 1.807) is 0 Å². The van der Waals surface area contributed by atoms with E-state index in [0.29, 0.717) is 12.1 Å². The summed E-state index contributed by atoms with van der Waals surface area (Å²) >= 11 is 0. The van der Waals surface area contributed by atoms with Crippen molar-refractivity contribution >= 4 is 15.9 Å². The Bertz CT molecular complexity index is 879. The van der Waals surface area contributed by atoms with Gasteiger partial charge in [-0.3, -0.25) is 9.63 Å². The maximum Gasteiger partial charge on any atom is 0.264 e. The van der Waals surface area contributed by atoms with Crippen molar-refractivity contribution in [2.75, 3.05) is 14.2 Å². The average molecular weight is 392 g/mol. The molecule has 2 aromatic rings. The molecule has 0 bridgehead atoms. The predicted molar refractivity (Wildman–Crippen MR) is 102 cm³/mol. The third-order valence-corrected chi connectivity index (χ3v) is 5.48. The zero-order valence-corrected chi connectivity index (χ0v) is 16.6. The molecule has 2 rings (SSSR count). The van der Waals surface area contributed by atoms with Crippen LogP contribution in [-0.4, -0.2) is 39.1 Å². The molecule has 0 atom stereocenters. The standard InChI is InChI=1S/C19H24N2O5S/c1-14(2)26-18-8-6-5-7-16(18)13-20-19(22)15-9-11-17(12-10-15)27(23,24)21(3)25-4/h5-12,14H,13H2,1-4H3,(H,20,22). The fourth-order valence-corrected chi connectivity index (χ4v) is 3.29. The van der Waals surface area contributed by atoms with Crippen molar-refractivity contribution in [3.8, 4) is 5.75 Å². The van der Waals surface area contributed by atoms with Crippen LogP contribution in [-0.2, 0) is 21.4 Å². The number of hydrogen-bond acceptors (Lipinski definition) is 5. The highest BCUT2D eigenvalue weighted by molar-refractivity contribution is 7.89. The molecule has 0 saturated carbocycles. The van der Waals surface area contributed by atoms with Gasteiger partial charge in [-0.1, -0.05) is 22.7 Å². The summed E-state index contributed by atoms with van der Waals surface area (Å²) in [6, 6.07) is 13.2. The predicted octanol–water partition coefficient (Wildman–Crippen LogP) is 2.59. The van der Waals surface area contributed by atoms with Crippen LogP contribution in [0.4, 0.5) is 0 Å². The number of para-hydroxylation sites is 1. The van der Waals surface area contributed by atoms with Gasteiger partial charge in [-0.05, 0) is 44.2 Å². The van der Waals surface area contributed by atoms with E-state index in [1.807, 2.05) is 38.1 Å². The lowest BCUT2D eigenvalue weighted by molar-refractivity contribution is -0.0258. The summed E-state index contributed by atoms with van der Waals surface area (Å²) < 4.78 is 30.8. The molecule has 27 heavy (non-hydrogen) atoms. The Balaban J connectivity index is 2.08. The summed E-state index contributed by atoms with van der Waals surface area (Å²) in [6.45, 7) is 4.17. The van der Waals surface area contributed by atoms with Crippen LogP contribution in [0.25, 0.3) is 0 Å². The third kappa shape index (κ3) is 5.29. The summed E-state index contributed by atoms with van der Waals surface area (Å²) in [7, 11) is -1.18. The van der Waals surface area contributed by atoms with E-state index in [-0.39, 0.29) is 16.9 Å². The van der Waals surface area contributed by atoms with Crippen molar-refractivity contribution in [1.82, 2.24) is 9.79 Å². The Morgan fingerprint density at radius 1 is 1.11 bits per heavy atom. The van der Waals surface area contributed by atoms with Gasteiger partial charge in [0.1, 0.15) is 5.75 Å². The number of carbonyl (C=O) groups excluding carboxylic acids is 1. The number of nitrogens with one attached hydrogen (secondary N) is 1. The SMILES string of the molecule is CON(C)S(=O)(=O)c1ccc(C(=O)NCc2ccccc2OC(C)C)cc1. The van der Waals surface area contributed by atoms with E-state index in [2.05, 4.69) is 5.32 Å². The first-order valence-corrected chi connectivity index (χ1v) is 9.85. The van der Waals surface area contributed by atoms with Crippen molar-refractivity contribution in [2.45, 2.75) is 31.4 Å². The molecule has 0 fully saturated rings. The van der Waals surface area contributed by atoms with Gasteiger partial charge in [0, 0.05) is 24.7 Å². The van der Waals surface area contributed by atoms with E-state index >= 15 is 0 Å². The quantitative estimate of drug-likeness (QED) is 0.698. The Hall–Kier alpha value is -2.42. The van der Waals surface area contributed by atoms with E-state index in [1.165, 1.54) is 38.4 Å². The van der Waals surface area contributed by atoms with Gasteiger partial charge >= 0.3 is 0 Å². The highest BCUT2D eigenvalue weighted by atomic mass is 32.2. The third-order valence-electron chi connectivity index (χ3n) is 3.78. The normalized spacial score (nSPS) is 11.6. The molecule has 1 amide bonds. The van der Waals surface area contributed by atoms with Gasteiger partial charge in [-0.25, -0.2) is 8.42 Å². The number of ether oxygens (including phenoxy) is 1. The first-order valence-electron chi connectivity index (χ1n) is 8.41. The fraction of sp³-hybridized carbons (Fsp3) is 0.316. The Kier molecular flexibility index (Phi) is 6.95. The zero-order valence-electron chi connectivity index (χ0n) is 15.8. The van der Waals surface area contributed by atoms with Crippen LogP contribution in [0, 0.1) is 0 Å². The second kappa shape index (κ2) is 8.98. The van der Waals surface area contributed by atoms with Gasteiger partial charge in [0.05, 0.1) is 18.1 Å². The highest BCUT2D eigenvalue weighted by Crippen LogP contribution is 2.19. The van der Waals surface area contributed by atoms with Crippen molar-refractivity contribution < 1.29 is 22.8 Å². The van der Waals surface area contributed by atoms with Crippen LogP contribution in [0.5, 0.6) is 5.75 Å². The summed E-state index contributed by atoms with van der Waals surface area (Å²) in [6.07, 6.45) is 0.0292. The van der Waals surface area contributed by atoms with Crippen LogP contribution in [0.3, 0.4) is 0 Å². The number of hydrogen-bond donors (Lipinski definition) is 1. The number of benzene rings is 2. The molecule has 1 N–H and O–H groups in total. The molecule has 0 aromatic heterocycles. The van der Waals surface area contributed by atoms with Crippen LogP contribution in [0.2, 0.25) is 0 Å². The van der Waals surface area contributed by atoms with Crippen LogP contribution < -0.4 is 10.1 Å². The van der Waals surface area contributed by atoms with E-state index in [4.69, 9.17) is 9.57 Å². The number of amides is 1. The topological polar surface area (TPSA) is 84.9 Å². The summed E-state index contributed by atoms with van der Waals surface area (Å²) in [4.78, 5) is 17.1. The Morgan fingerprint density at radius 3 is 2.33 bits per heavy atom. The fourth-order valence-electron chi connectivity index (χ4n) is 2.32. The zero-order chi connectivity index (χ0) is 20.0.